The number of benzene rings is 2. The molecule has 6 heteroatoms. The van der Waals surface area contributed by atoms with Crippen molar-refractivity contribution in [2.45, 2.75) is 20.0 Å². The van der Waals surface area contributed by atoms with E-state index in [-0.39, 0.29) is 18.4 Å². The Labute approximate surface area is 152 Å². The van der Waals surface area contributed by atoms with Gasteiger partial charge in [-0.3, -0.25) is 9.59 Å². The van der Waals surface area contributed by atoms with Crippen molar-refractivity contribution in [3.63, 3.8) is 0 Å². The maximum Gasteiger partial charge on any atom is 0.269 e. The molecule has 6 nitrogen and oxygen atoms in total. The lowest BCUT2D eigenvalue weighted by atomic mass is 10.1. The number of anilines is 1. The van der Waals surface area contributed by atoms with E-state index in [0.717, 1.165) is 0 Å². The average molecular weight is 354 g/mol. The van der Waals surface area contributed by atoms with Crippen molar-refractivity contribution in [1.82, 2.24) is 5.32 Å². The van der Waals surface area contributed by atoms with E-state index >= 15 is 0 Å². The second-order valence-electron chi connectivity index (χ2n) is 6.50. The number of rotatable bonds is 5. The van der Waals surface area contributed by atoms with Gasteiger partial charge in [0.15, 0.2) is 11.5 Å². The fraction of sp³-hybridized carbons (Fsp3) is 0.300. The zero-order chi connectivity index (χ0) is 18.5. The van der Waals surface area contributed by atoms with E-state index < -0.39 is 6.10 Å². The summed E-state index contributed by atoms with van der Waals surface area (Å²) >= 11 is 0. The molecule has 0 saturated heterocycles. The molecule has 2 N–H and O–H groups in total. The zero-order valence-corrected chi connectivity index (χ0v) is 14.8. The molecule has 0 spiro atoms. The molecule has 0 aromatic heterocycles. The molecule has 1 aliphatic rings. The van der Waals surface area contributed by atoms with Crippen LogP contribution in [0.3, 0.4) is 0 Å². The molecule has 0 radical (unpaired) electrons. The van der Waals surface area contributed by atoms with Gasteiger partial charge in [0, 0.05) is 6.54 Å². The Morgan fingerprint density at radius 2 is 1.77 bits per heavy atom. The summed E-state index contributed by atoms with van der Waals surface area (Å²) in [5, 5.41) is 5.63. The van der Waals surface area contributed by atoms with Crippen molar-refractivity contribution in [2.24, 2.45) is 5.92 Å². The van der Waals surface area contributed by atoms with Gasteiger partial charge in [0.1, 0.15) is 6.61 Å². The molecule has 0 saturated carbocycles. The highest BCUT2D eigenvalue weighted by Gasteiger charge is 2.28. The Kier molecular flexibility index (Phi) is 5.41. The van der Waals surface area contributed by atoms with Gasteiger partial charge in [0.25, 0.3) is 11.8 Å². The highest BCUT2D eigenvalue weighted by Crippen LogP contribution is 2.31. The van der Waals surface area contributed by atoms with Crippen molar-refractivity contribution in [1.29, 1.82) is 0 Å². The number of hydrogen-bond donors (Lipinski definition) is 2. The largest absolute Gasteiger partial charge is 0.485 e. The first-order valence-electron chi connectivity index (χ1n) is 8.61. The van der Waals surface area contributed by atoms with Gasteiger partial charge >= 0.3 is 0 Å². The zero-order valence-electron chi connectivity index (χ0n) is 14.8. The predicted molar refractivity (Wildman–Crippen MR) is 98.6 cm³/mol. The molecule has 2 aromatic rings. The summed E-state index contributed by atoms with van der Waals surface area (Å²) in [4.78, 5) is 24.9. The number of nitrogens with one attached hydrogen (secondary N) is 2. The smallest absolute Gasteiger partial charge is 0.269 e. The van der Waals surface area contributed by atoms with Crippen LogP contribution >= 0.6 is 0 Å². The van der Waals surface area contributed by atoms with Crippen LogP contribution < -0.4 is 20.1 Å². The van der Waals surface area contributed by atoms with Gasteiger partial charge in [0.2, 0.25) is 6.10 Å². The summed E-state index contributed by atoms with van der Waals surface area (Å²) in [6.07, 6.45) is -0.781. The highest BCUT2D eigenvalue weighted by molar-refractivity contribution is 6.04. The molecular formula is C20H22N2O4. The van der Waals surface area contributed by atoms with E-state index in [4.69, 9.17) is 9.47 Å². The van der Waals surface area contributed by atoms with Crippen molar-refractivity contribution in [2.75, 3.05) is 18.5 Å². The van der Waals surface area contributed by atoms with Gasteiger partial charge in [-0.05, 0) is 30.2 Å². The van der Waals surface area contributed by atoms with Crippen LogP contribution in [0.1, 0.15) is 24.2 Å². The Morgan fingerprint density at radius 1 is 1.08 bits per heavy atom. The summed E-state index contributed by atoms with van der Waals surface area (Å²) in [5.74, 6) is 0.907. The number of amides is 2. The van der Waals surface area contributed by atoms with Gasteiger partial charge in [-0.1, -0.05) is 38.1 Å². The van der Waals surface area contributed by atoms with Crippen molar-refractivity contribution in [3.05, 3.63) is 54.1 Å². The maximum absolute atomic E-state index is 12.6. The first-order chi connectivity index (χ1) is 12.5. The van der Waals surface area contributed by atoms with Crippen LogP contribution in [0.25, 0.3) is 0 Å². The quantitative estimate of drug-likeness (QED) is 0.866. The van der Waals surface area contributed by atoms with E-state index in [0.29, 0.717) is 35.2 Å². The molecule has 3 rings (SSSR count). The molecule has 2 amide bonds. The molecule has 136 valence electrons. The average Bonchev–Trinajstić information content (AvgIpc) is 2.66. The van der Waals surface area contributed by atoms with Crippen LogP contribution in [0.15, 0.2) is 48.5 Å². The molecular weight excluding hydrogens is 332 g/mol. The normalized spacial score (nSPS) is 15.4. The molecule has 2 aromatic carbocycles. The third-order valence-corrected chi connectivity index (χ3v) is 3.90. The summed E-state index contributed by atoms with van der Waals surface area (Å²) in [6, 6.07) is 14.1. The van der Waals surface area contributed by atoms with E-state index in [1.54, 1.807) is 36.4 Å². The van der Waals surface area contributed by atoms with Gasteiger partial charge < -0.3 is 20.1 Å². The summed E-state index contributed by atoms with van der Waals surface area (Å²) in [7, 11) is 0. The molecule has 1 atom stereocenters. The van der Waals surface area contributed by atoms with Crippen LogP contribution in [0.4, 0.5) is 5.69 Å². The summed E-state index contributed by atoms with van der Waals surface area (Å²) < 4.78 is 11.3. The first kappa shape index (κ1) is 17.8. The standard InChI is InChI=1S/C20H22N2O4/c1-13(2)11-21-19(23)14-7-3-4-8-15(14)22-20(24)18-12-25-16-9-5-6-10-17(16)26-18/h3-10,13,18H,11-12H2,1-2H3,(H,21,23)(H,22,24). The molecule has 0 fully saturated rings. The highest BCUT2D eigenvalue weighted by atomic mass is 16.6. The number of carbonyl (C=O) groups is 2. The van der Waals surface area contributed by atoms with E-state index in [1.165, 1.54) is 0 Å². The SMILES string of the molecule is CC(C)CNC(=O)c1ccccc1NC(=O)C1COc2ccccc2O1. The summed E-state index contributed by atoms with van der Waals surface area (Å²) in [6.45, 7) is 4.72. The lowest BCUT2D eigenvalue weighted by Gasteiger charge is -2.25. The summed E-state index contributed by atoms with van der Waals surface area (Å²) in [5.41, 5.74) is 0.861. The Morgan fingerprint density at radius 3 is 2.54 bits per heavy atom. The van der Waals surface area contributed by atoms with Crippen molar-refractivity contribution >= 4 is 17.5 Å². The van der Waals surface area contributed by atoms with E-state index in [2.05, 4.69) is 10.6 Å². The minimum absolute atomic E-state index is 0.116. The van der Waals surface area contributed by atoms with Crippen LogP contribution in [0.5, 0.6) is 11.5 Å². The second kappa shape index (κ2) is 7.91. The first-order valence-corrected chi connectivity index (χ1v) is 8.61. The molecule has 1 heterocycles. The van der Waals surface area contributed by atoms with E-state index in [1.807, 2.05) is 26.0 Å². The Bertz CT molecular complexity index is 804. The number of fused-ring (bicyclic) bond motifs is 1. The predicted octanol–water partition coefficient (Wildman–Crippen LogP) is 2.85. The lowest BCUT2D eigenvalue weighted by Crippen LogP contribution is -2.40. The number of para-hydroxylation sites is 3. The number of ether oxygens (including phenoxy) is 2. The third-order valence-electron chi connectivity index (χ3n) is 3.90. The fourth-order valence-electron chi connectivity index (χ4n) is 2.54. The number of hydrogen-bond acceptors (Lipinski definition) is 4. The van der Waals surface area contributed by atoms with Gasteiger partial charge in [-0.15, -0.1) is 0 Å². The minimum atomic E-state index is -0.781. The number of carbonyl (C=O) groups excluding carboxylic acids is 2. The topological polar surface area (TPSA) is 76.7 Å². The van der Waals surface area contributed by atoms with E-state index in [9.17, 15) is 9.59 Å². The van der Waals surface area contributed by atoms with Crippen molar-refractivity contribution < 1.29 is 19.1 Å². The van der Waals surface area contributed by atoms with Crippen LogP contribution in [0, 0.1) is 5.92 Å². The van der Waals surface area contributed by atoms with Crippen LogP contribution in [0.2, 0.25) is 0 Å². The Balaban J connectivity index is 1.69. The Hall–Kier alpha value is -3.02. The van der Waals surface area contributed by atoms with Gasteiger partial charge in [-0.25, -0.2) is 0 Å². The monoisotopic (exact) mass is 354 g/mol. The molecule has 0 bridgehead atoms. The molecule has 1 aliphatic heterocycles. The molecule has 0 aliphatic carbocycles. The fourth-order valence-corrected chi connectivity index (χ4v) is 2.54. The van der Waals surface area contributed by atoms with Gasteiger partial charge in [-0.2, -0.15) is 0 Å². The lowest BCUT2D eigenvalue weighted by molar-refractivity contribution is -0.125. The van der Waals surface area contributed by atoms with Gasteiger partial charge in [0.05, 0.1) is 11.3 Å². The third kappa shape index (κ3) is 4.14. The maximum atomic E-state index is 12.6. The molecule has 26 heavy (non-hydrogen) atoms. The molecule has 1 unspecified atom stereocenters. The second-order valence-corrected chi connectivity index (χ2v) is 6.50. The minimum Gasteiger partial charge on any atom is -0.485 e. The van der Waals surface area contributed by atoms with Crippen LogP contribution in [-0.2, 0) is 4.79 Å². The van der Waals surface area contributed by atoms with Crippen molar-refractivity contribution in [3.8, 4) is 11.5 Å². The van der Waals surface area contributed by atoms with Crippen LogP contribution in [-0.4, -0.2) is 31.1 Å².